The average Bonchev–Trinajstić information content (AvgIpc) is 3.15. The van der Waals surface area contributed by atoms with Crippen LogP contribution >= 0.6 is 0 Å². The fourth-order valence-electron chi connectivity index (χ4n) is 4.65. The van der Waals surface area contributed by atoms with E-state index in [2.05, 4.69) is 12.2 Å². The van der Waals surface area contributed by atoms with Crippen LogP contribution in [0.5, 0.6) is 0 Å². The number of hydrogen-bond acceptors (Lipinski definition) is 3. The van der Waals surface area contributed by atoms with Crippen LogP contribution in [0.1, 0.15) is 61.5 Å². The van der Waals surface area contributed by atoms with Crippen LogP contribution in [-0.4, -0.2) is 35.1 Å². The Bertz CT molecular complexity index is 924. The molecular weight excluding hydrogens is 395 g/mol. The van der Waals surface area contributed by atoms with Crippen molar-refractivity contribution in [1.82, 2.24) is 10.2 Å². The summed E-state index contributed by atoms with van der Waals surface area (Å²) in [5.41, 5.74) is 0.571. The third kappa shape index (κ3) is 4.35. The Morgan fingerprint density at radius 1 is 1.10 bits per heavy atom. The summed E-state index contributed by atoms with van der Waals surface area (Å²) < 4.78 is 19.6. The number of ether oxygens (including phenoxy) is 1. The molecule has 1 saturated heterocycles. The number of nitrogens with one attached hydrogen (secondary N) is 1. The van der Waals surface area contributed by atoms with Crippen molar-refractivity contribution < 1.29 is 18.7 Å². The van der Waals surface area contributed by atoms with E-state index >= 15 is 0 Å². The van der Waals surface area contributed by atoms with Crippen molar-refractivity contribution in [3.8, 4) is 0 Å². The van der Waals surface area contributed by atoms with Gasteiger partial charge in [-0.2, -0.15) is 0 Å². The molecule has 6 heteroatoms. The number of rotatable bonds is 4. The molecule has 0 aromatic heterocycles. The molecule has 31 heavy (non-hydrogen) atoms. The molecule has 1 aliphatic carbocycles. The maximum absolute atomic E-state index is 13.5. The maximum atomic E-state index is 13.5. The highest BCUT2D eigenvalue weighted by atomic mass is 19.1. The first-order valence-corrected chi connectivity index (χ1v) is 11.0. The Morgan fingerprint density at radius 2 is 1.74 bits per heavy atom. The van der Waals surface area contributed by atoms with Crippen molar-refractivity contribution in [1.29, 1.82) is 0 Å². The van der Waals surface area contributed by atoms with Crippen molar-refractivity contribution in [3.63, 3.8) is 0 Å². The Kier molecular flexibility index (Phi) is 6.10. The van der Waals surface area contributed by atoms with E-state index in [0.29, 0.717) is 24.3 Å². The van der Waals surface area contributed by atoms with E-state index in [1.54, 1.807) is 4.90 Å². The molecule has 4 rings (SSSR count). The molecule has 1 aliphatic heterocycles. The Labute approximate surface area is 182 Å². The molecule has 2 atom stereocenters. The number of hydrogen-bond donors (Lipinski definition) is 1. The molecule has 1 heterocycles. The van der Waals surface area contributed by atoms with E-state index in [1.807, 2.05) is 37.3 Å². The topological polar surface area (TPSA) is 58.6 Å². The molecule has 1 N–H and O–H groups in total. The van der Waals surface area contributed by atoms with Gasteiger partial charge in [0.25, 0.3) is 5.91 Å². The molecule has 2 fully saturated rings. The highest BCUT2D eigenvalue weighted by Crippen LogP contribution is 2.43. The zero-order valence-electron chi connectivity index (χ0n) is 18.0. The van der Waals surface area contributed by atoms with Gasteiger partial charge in [-0.15, -0.1) is 0 Å². The molecule has 1 spiro atoms. The lowest BCUT2D eigenvalue weighted by molar-refractivity contribution is -0.128. The summed E-state index contributed by atoms with van der Waals surface area (Å²) in [6.07, 6.45) is 3.25. The first-order chi connectivity index (χ1) is 14.9. The lowest BCUT2D eigenvalue weighted by atomic mass is 9.83. The lowest BCUT2D eigenvalue weighted by Gasteiger charge is -2.43. The zero-order chi connectivity index (χ0) is 22.0. The number of halogens is 1. The van der Waals surface area contributed by atoms with Gasteiger partial charge in [0.2, 0.25) is 5.91 Å². The monoisotopic (exact) mass is 424 g/mol. The largest absolute Gasteiger partial charge is 0.353 e. The second-order valence-electron chi connectivity index (χ2n) is 8.78. The average molecular weight is 425 g/mol. The van der Waals surface area contributed by atoms with Crippen LogP contribution in [-0.2, 0) is 9.53 Å². The van der Waals surface area contributed by atoms with Crippen LogP contribution < -0.4 is 5.32 Å². The smallest absolute Gasteiger partial charge is 0.256 e. The van der Waals surface area contributed by atoms with E-state index < -0.39 is 17.6 Å². The van der Waals surface area contributed by atoms with E-state index in [1.165, 1.54) is 24.3 Å². The van der Waals surface area contributed by atoms with E-state index in [4.69, 9.17) is 4.74 Å². The fourth-order valence-corrected chi connectivity index (χ4v) is 4.65. The van der Waals surface area contributed by atoms with E-state index in [9.17, 15) is 14.0 Å². The molecule has 2 aliphatic rings. The summed E-state index contributed by atoms with van der Waals surface area (Å²) in [4.78, 5) is 28.4. The normalized spacial score (nSPS) is 26.6. The fraction of sp³-hybridized carbons (Fsp3) is 0.440. The minimum Gasteiger partial charge on any atom is -0.353 e. The zero-order valence-corrected chi connectivity index (χ0v) is 18.0. The summed E-state index contributed by atoms with van der Waals surface area (Å²) in [5.74, 6) is -0.369. The summed E-state index contributed by atoms with van der Waals surface area (Å²) in [6, 6.07) is 14.3. The molecule has 5 nitrogen and oxygen atoms in total. The third-order valence-corrected chi connectivity index (χ3v) is 6.59. The number of carbonyl (C=O) groups excluding carboxylic acids is 2. The van der Waals surface area contributed by atoms with Gasteiger partial charge in [-0.05, 0) is 68.4 Å². The number of benzene rings is 2. The Morgan fingerprint density at radius 3 is 2.39 bits per heavy atom. The van der Waals surface area contributed by atoms with Crippen molar-refractivity contribution in [2.45, 2.75) is 57.3 Å². The minimum absolute atomic E-state index is 0.161. The quantitative estimate of drug-likeness (QED) is 0.789. The SMILES string of the molecule is CC1CCC2(CC1)OCC(C(=O)NC(C)c1ccccc1)N2C(=O)c1ccc(F)cc1. The van der Waals surface area contributed by atoms with Crippen LogP contribution in [0.15, 0.2) is 54.6 Å². The molecule has 0 bridgehead atoms. The van der Waals surface area contributed by atoms with Gasteiger partial charge in [-0.1, -0.05) is 37.3 Å². The van der Waals surface area contributed by atoms with Crippen molar-refractivity contribution in [3.05, 3.63) is 71.5 Å². The van der Waals surface area contributed by atoms with Gasteiger partial charge in [-0.3, -0.25) is 14.5 Å². The molecule has 164 valence electrons. The minimum atomic E-state index is -0.782. The second-order valence-corrected chi connectivity index (χ2v) is 8.78. The van der Waals surface area contributed by atoms with Crippen LogP contribution in [0.3, 0.4) is 0 Å². The molecule has 1 saturated carbocycles. The van der Waals surface area contributed by atoms with Crippen LogP contribution in [0, 0.1) is 11.7 Å². The van der Waals surface area contributed by atoms with Gasteiger partial charge >= 0.3 is 0 Å². The molecule has 2 unspecified atom stereocenters. The third-order valence-electron chi connectivity index (χ3n) is 6.59. The standard InChI is InChI=1S/C25H29FN2O3/c1-17-12-14-25(15-13-17)28(24(30)20-8-10-21(26)11-9-20)22(16-31-25)23(29)27-18(2)19-6-4-3-5-7-19/h3-11,17-18,22H,12-16H2,1-2H3,(H,27,29). The van der Waals surface area contributed by atoms with Crippen molar-refractivity contribution >= 4 is 11.8 Å². The summed E-state index contributed by atoms with van der Waals surface area (Å²) in [7, 11) is 0. The Hall–Kier alpha value is -2.73. The first-order valence-electron chi connectivity index (χ1n) is 11.0. The summed E-state index contributed by atoms with van der Waals surface area (Å²) in [5, 5.41) is 3.04. The predicted octanol–water partition coefficient (Wildman–Crippen LogP) is 4.45. The molecule has 0 radical (unpaired) electrons. The van der Waals surface area contributed by atoms with Gasteiger partial charge in [0.1, 0.15) is 17.6 Å². The van der Waals surface area contributed by atoms with Gasteiger partial charge in [0, 0.05) is 5.56 Å². The maximum Gasteiger partial charge on any atom is 0.256 e. The predicted molar refractivity (Wildman–Crippen MR) is 116 cm³/mol. The van der Waals surface area contributed by atoms with E-state index in [0.717, 1.165) is 18.4 Å². The first kappa shape index (κ1) is 21.5. The van der Waals surface area contributed by atoms with Gasteiger partial charge in [0.05, 0.1) is 12.6 Å². The van der Waals surface area contributed by atoms with Gasteiger partial charge in [0.15, 0.2) is 0 Å². The van der Waals surface area contributed by atoms with Gasteiger partial charge < -0.3 is 10.1 Å². The van der Waals surface area contributed by atoms with Crippen molar-refractivity contribution in [2.24, 2.45) is 5.92 Å². The Balaban J connectivity index is 1.60. The number of amides is 2. The number of carbonyl (C=O) groups is 2. The summed E-state index contributed by atoms with van der Waals surface area (Å²) >= 11 is 0. The second kappa shape index (κ2) is 8.79. The molecule has 2 aromatic rings. The van der Waals surface area contributed by atoms with Crippen molar-refractivity contribution in [2.75, 3.05) is 6.61 Å². The molecule has 2 amide bonds. The highest BCUT2D eigenvalue weighted by Gasteiger charge is 2.53. The van der Waals surface area contributed by atoms with Gasteiger partial charge in [-0.25, -0.2) is 4.39 Å². The van der Waals surface area contributed by atoms with Crippen LogP contribution in [0.4, 0.5) is 4.39 Å². The highest BCUT2D eigenvalue weighted by molar-refractivity contribution is 5.98. The number of nitrogens with zero attached hydrogens (tertiary/aromatic N) is 1. The molecule has 2 aromatic carbocycles. The van der Waals surface area contributed by atoms with E-state index in [-0.39, 0.29) is 24.5 Å². The summed E-state index contributed by atoms with van der Waals surface area (Å²) in [6.45, 7) is 4.28. The van der Waals surface area contributed by atoms with Crippen LogP contribution in [0.2, 0.25) is 0 Å². The van der Waals surface area contributed by atoms with Crippen LogP contribution in [0.25, 0.3) is 0 Å². The lowest BCUT2D eigenvalue weighted by Crippen LogP contribution is -2.57. The molecular formula is C25H29FN2O3.